The molecule has 0 aliphatic rings. The maximum absolute atomic E-state index is 8.75. The number of hydrogen-bond donors (Lipinski definition) is 0. The van der Waals surface area contributed by atoms with Crippen LogP contribution in [-0.4, -0.2) is 28.7 Å². The minimum atomic E-state index is 0.325. The van der Waals surface area contributed by atoms with Gasteiger partial charge in [0.2, 0.25) is 0 Å². The lowest BCUT2D eigenvalue weighted by molar-refractivity contribution is 0.430. The zero-order valence-corrected chi connectivity index (χ0v) is 9.58. The van der Waals surface area contributed by atoms with Crippen molar-refractivity contribution >= 4 is 5.95 Å². The SMILES string of the molecule is CCN(C)c1noc(-c2ccnc(C#N)c2)n1. The Balaban J connectivity index is 2.34. The highest BCUT2D eigenvalue weighted by Gasteiger charge is 2.11. The summed E-state index contributed by atoms with van der Waals surface area (Å²) < 4.78 is 5.13. The Kier molecular flexibility index (Phi) is 3.01. The van der Waals surface area contributed by atoms with Gasteiger partial charge in [-0.3, -0.25) is 0 Å². The van der Waals surface area contributed by atoms with Crippen molar-refractivity contribution in [3.63, 3.8) is 0 Å². The number of nitrogens with zero attached hydrogens (tertiary/aromatic N) is 5. The van der Waals surface area contributed by atoms with Crippen LogP contribution in [0.15, 0.2) is 22.9 Å². The van der Waals surface area contributed by atoms with E-state index in [4.69, 9.17) is 9.78 Å². The quantitative estimate of drug-likeness (QED) is 0.792. The number of hydrogen-bond acceptors (Lipinski definition) is 6. The third-order valence-electron chi connectivity index (χ3n) is 2.35. The van der Waals surface area contributed by atoms with Crippen molar-refractivity contribution < 1.29 is 4.52 Å². The Hall–Kier alpha value is -2.42. The van der Waals surface area contributed by atoms with E-state index in [0.717, 1.165) is 6.54 Å². The third kappa shape index (κ3) is 2.23. The van der Waals surface area contributed by atoms with E-state index in [0.29, 0.717) is 23.1 Å². The van der Waals surface area contributed by atoms with Gasteiger partial charge in [0.15, 0.2) is 0 Å². The molecule has 0 saturated heterocycles. The summed E-state index contributed by atoms with van der Waals surface area (Å²) >= 11 is 0. The molecule has 0 aromatic carbocycles. The van der Waals surface area contributed by atoms with Crippen molar-refractivity contribution in [1.82, 2.24) is 15.1 Å². The van der Waals surface area contributed by atoms with Gasteiger partial charge in [0.05, 0.1) is 0 Å². The summed E-state index contributed by atoms with van der Waals surface area (Å²) in [4.78, 5) is 9.98. The van der Waals surface area contributed by atoms with Crippen LogP contribution in [0.25, 0.3) is 11.5 Å². The molecule has 0 aliphatic carbocycles. The Morgan fingerprint density at radius 1 is 1.53 bits per heavy atom. The van der Waals surface area contributed by atoms with E-state index >= 15 is 0 Å². The van der Waals surface area contributed by atoms with Gasteiger partial charge in [-0.1, -0.05) is 0 Å². The Morgan fingerprint density at radius 3 is 3.06 bits per heavy atom. The minimum absolute atomic E-state index is 0.325. The van der Waals surface area contributed by atoms with Gasteiger partial charge >= 0.3 is 0 Å². The second-order valence-electron chi connectivity index (χ2n) is 3.46. The van der Waals surface area contributed by atoms with Crippen LogP contribution in [-0.2, 0) is 0 Å². The molecular weight excluding hydrogens is 218 g/mol. The number of rotatable bonds is 3. The van der Waals surface area contributed by atoms with Crippen LogP contribution in [0, 0.1) is 11.3 Å². The summed E-state index contributed by atoms with van der Waals surface area (Å²) in [5.41, 5.74) is 1.02. The van der Waals surface area contributed by atoms with E-state index in [1.165, 1.54) is 0 Å². The van der Waals surface area contributed by atoms with E-state index in [1.807, 2.05) is 24.9 Å². The van der Waals surface area contributed by atoms with E-state index in [1.54, 1.807) is 18.3 Å². The van der Waals surface area contributed by atoms with Gasteiger partial charge in [-0.25, -0.2) is 4.98 Å². The van der Waals surface area contributed by atoms with Crippen LogP contribution < -0.4 is 4.90 Å². The fourth-order valence-electron chi connectivity index (χ4n) is 1.25. The molecule has 0 atom stereocenters. The van der Waals surface area contributed by atoms with Gasteiger partial charge in [0.1, 0.15) is 11.8 Å². The molecule has 2 heterocycles. The average Bonchev–Trinajstić information content (AvgIpc) is 2.87. The largest absolute Gasteiger partial charge is 0.342 e. The zero-order valence-electron chi connectivity index (χ0n) is 9.58. The van der Waals surface area contributed by atoms with Crippen molar-refractivity contribution in [1.29, 1.82) is 5.26 Å². The molecule has 0 amide bonds. The van der Waals surface area contributed by atoms with Crippen molar-refractivity contribution in [2.45, 2.75) is 6.92 Å². The molecule has 0 fully saturated rings. The van der Waals surface area contributed by atoms with E-state index in [-0.39, 0.29) is 0 Å². The predicted molar refractivity (Wildman–Crippen MR) is 61.2 cm³/mol. The highest BCUT2D eigenvalue weighted by molar-refractivity contribution is 5.55. The van der Waals surface area contributed by atoms with Crippen LogP contribution in [0.5, 0.6) is 0 Å². The lowest BCUT2D eigenvalue weighted by Crippen LogP contribution is -2.16. The van der Waals surface area contributed by atoms with Gasteiger partial charge in [0, 0.05) is 25.4 Å². The van der Waals surface area contributed by atoms with Crippen molar-refractivity contribution in [2.24, 2.45) is 0 Å². The van der Waals surface area contributed by atoms with Gasteiger partial charge in [0.25, 0.3) is 11.8 Å². The van der Waals surface area contributed by atoms with Gasteiger partial charge < -0.3 is 9.42 Å². The summed E-state index contributed by atoms with van der Waals surface area (Å²) in [6.07, 6.45) is 1.54. The monoisotopic (exact) mass is 229 g/mol. The Labute approximate surface area is 98.5 Å². The molecule has 2 aromatic rings. The molecule has 6 heteroatoms. The third-order valence-corrected chi connectivity index (χ3v) is 2.35. The Bertz CT molecular complexity index is 557. The van der Waals surface area contributed by atoms with Crippen LogP contribution in [0.2, 0.25) is 0 Å². The molecule has 0 bridgehead atoms. The molecule has 0 spiro atoms. The topological polar surface area (TPSA) is 78.8 Å². The van der Waals surface area contributed by atoms with Crippen LogP contribution in [0.1, 0.15) is 12.6 Å². The molecule has 2 aromatic heterocycles. The molecule has 0 saturated carbocycles. The van der Waals surface area contributed by atoms with Crippen molar-refractivity contribution in [2.75, 3.05) is 18.5 Å². The molecule has 17 heavy (non-hydrogen) atoms. The first-order chi connectivity index (χ1) is 8.24. The van der Waals surface area contributed by atoms with Crippen LogP contribution in [0.4, 0.5) is 5.95 Å². The van der Waals surface area contributed by atoms with Gasteiger partial charge in [-0.2, -0.15) is 10.2 Å². The maximum Gasteiger partial charge on any atom is 0.266 e. The number of pyridine rings is 1. The van der Waals surface area contributed by atoms with E-state index in [9.17, 15) is 0 Å². The lowest BCUT2D eigenvalue weighted by Gasteiger charge is -2.08. The Morgan fingerprint density at radius 2 is 2.35 bits per heavy atom. The fourth-order valence-corrected chi connectivity index (χ4v) is 1.25. The van der Waals surface area contributed by atoms with E-state index < -0.39 is 0 Å². The van der Waals surface area contributed by atoms with Gasteiger partial charge in [-0.05, 0) is 24.2 Å². The number of aromatic nitrogens is 3. The summed E-state index contributed by atoms with van der Waals surface area (Å²) in [5, 5.41) is 12.6. The van der Waals surface area contributed by atoms with Crippen LogP contribution in [0.3, 0.4) is 0 Å². The second kappa shape index (κ2) is 4.61. The van der Waals surface area contributed by atoms with Gasteiger partial charge in [-0.15, -0.1) is 0 Å². The number of nitriles is 1. The maximum atomic E-state index is 8.75. The second-order valence-corrected chi connectivity index (χ2v) is 3.46. The molecule has 0 aliphatic heterocycles. The first-order valence-corrected chi connectivity index (χ1v) is 5.16. The average molecular weight is 229 g/mol. The molecular formula is C11H11N5O. The first kappa shape index (κ1) is 11.1. The summed E-state index contributed by atoms with van der Waals surface area (Å²) in [6.45, 7) is 2.79. The van der Waals surface area contributed by atoms with Crippen molar-refractivity contribution in [3.8, 4) is 17.5 Å². The highest BCUT2D eigenvalue weighted by Crippen LogP contribution is 2.19. The summed E-state index contributed by atoms with van der Waals surface area (Å²) in [5.74, 6) is 0.914. The highest BCUT2D eigenvalue weighted by atomic mass is 16.5. The summed E-state index contributed by atoms with van der Waals surface area (Å²) in [6, 6.07) is 5.31. The van der Waals surface area contributed by atoms with Crippen molar-refractivity contribution in [3.05, 3.63) is 24.0 Å². The van der Waals surface area contributed by atoms with E-state index in [2.05, 4.69) is 15.1 Å². The molecule has 2 rings (SSSR count). The fraction of sp³-hybridized carbons (Fsp3) is 0.273. The summed E-state index contributed by atoms with van der Waals surface area (Å²) in [7, 11) is 1.88. The number of anilines is 1. The first-order valence-electron chi connectivity index (χ1n) is 5.16. The standard InChI is InChI=1S/C11H11N5O/c1-3-16(2)11-14-10(17-15-11)8-4-5-13-9(6-8)7-12/h4-6H,3H2,1-2H3. The normalized spacial score (nSPS) is 9.94. The van der Waals surface area contributed by atoms with Crippen LogP contribution >= 0.6 is 0 Å². The molecule has 0 unspecified atom stereocenters. The lowest BCUT2D eigenvalue weighted by atomic mass is 10.2. The molecule has 86 valence electrons. The predicted octanol–water partition coefficient (Wildman–Crippen LogP) is 1.46. The molecule has 0 N–H and O–H groups in total. The zero-order chi connectivity index (χ0) is 12.3. The smallest absolute Gasteiger partial charge is 0.266 e. The molecule has 6 nitrogen and oxygen atoms in total. The minimum Gasteiger partial charge on any atom is -0.342 e. The molecule has 0 radical (unpaired) electrons.